The van der Waals surface area contributed by atoms with Crippen LogP contribution in [0.3, 0.4) is 0 Å². The van der Waals surface area contributed by atoms with E-state index in [0.717, 1.165) is 0 Å². The third-order valence-electron chi connectivity index (χ3n) is 5.20. The van der Waals surface area contributed by atoms with Gasteiger partial charge in [0.2, 0.25) is 6.10 Å². The summed E-state index contributed by atoms with van der Waals surface area (Å²) in [6.07, 6.45) is 4.10. The Bertz CT molecular complexity index is 1120. The van der Waals surface area contributed by atoms with E-state index in [1.54, 1.807) is 33.9 Å². The van der Waals surface area contributed by atoms with Crippen LogP contribution in [0.1, 0.15) is 10.4 Å². The van der Waals surface area contributed by atoms with Crippen LogP contribution >= 0.6 is 0 Å². The highest BCUT2D eigenvalue weighted by Gasteiger charge is 2.34. The first-order valence-electron chi connectivity index (χ1n) is 9.56. The fourth-order valence-electron chi connectivity index (χ4n) is 3.56. The first-order valence-corrected chi connectivity index (χ1v) is 9.56. The summed E-state index contributed by atoms with van der Waals surface area (Å²) >= 11 is 0. The van der Waals surface area contributed by atoms with Crippen LogP contribution < -0.4 is 14.8 Å². The molecule has 1 atom stereocenters. The summed E-state index contributed by atoms with van der Waals surface area (Å²) in [4.78, 5) is 31.0. The van der Waals surface area contributed by atoms with Gasteiger partial charge in [0.05, 0.1) is 6.20 Å². The van der Waals surface area contributed by atoms with Crippen molar-refractivity contribution in [1.82, 2.24) is 24.8 Å². The second-order valence-electron chi connectivity index (χ2n) is 7.32. The van der Waals surface area contributed by atoms with Crippen molar-refractivity contribution >= 4 is 17.5 Å². The van der Waals surface area contributed by atoms with Crippen LogP contribution in [-0.4, -0.2) is 68.8 Å². The number of amides is 2. The van der Waals surface area contributed by atoms with Crippen LogP contribution in [-0.2, 0) is 4.79 Å². The maximum Gasteiger partial charge on any atom is 0.264 e. The molecule has 0 saturated carbocycles. The van der Waals surface area contributed by atoms with Crippen molar-refractivity contribution < 1.29 is 24.2 Å². The molecule has 2 aliphatic heterocycles. The van der Waals surface area contributed by atoms with Gasteiger partial charge in [-0.1, -0.05) is 0 Å². The lowest BCUT2D eigenvalue weighted by atomic mass is 9.99. The smallest absolute Gasteiger partial charge is 0.264 e. The number of likely N-dealkylation sites (tertiary alicyclic amines) is 1. The fraction of sp³-hybridized carbons (Fsp3) is 0.300. The second-order valence-corrected chi connectivity index (χ2v) is 7.32. The van der Waals surface area contributed by atoms with E-state index < -0.39 is 6.10 Å². The molecule has 1 aromatic carbocycles. The van der Waals surface area contributed by atoms with E-state index in [-0.39, 0.29) is 30.1 Å². The lowest BCUT2D eigenvalue weighted by Gasteiger charge is -2.39. The molecule has 2 amide bonds. The molecule has 10 heteroatoms. The molecule has 2 aliphatic rings. The highest BCUT2D eigenvalue weighted by Crippen LogP contribution is 2.34. The molecule has 154 valence electrons. The number of phenolic OH excluding ortho intramolecular Hbond substituents is 1. The Morgan fingerprint density at radius 2 is 2.13 bits per heavy atom. The van der Waals surface area contributed by atoms with Gasteiger partial charge in [0.15, 0.2) is 17.1 Å². The molecule has 2 aromatic heterocycles. The van der Waals surface area contributed by atoms with Gasteiger partial charge in [-0.15, -0.1) is 0 Å². The van der Waals surface area contributed by atoms with Gasteiger partial charge in [-0.2, -0.15) is 5.10 Å². The first kappa shape index (κ1) is 18.2. The van der Waals surface area contributed by atoms with Crippen molar-refractivity contribution in [2.24, 2.45) is 5.92 Å². The van der Waals surface area contributed by atoms with Gasteiger partial charge in [0, 0.05) is 44.0 Å². The molecule has 3 aromatic rings. The molecule has 1 fully saturated rings. The number of hydrogen-bond acceptors (Lipinski definition) is 7. The molecule has 1 unspecified atom stereocenters. The SMILES string of the molecule is O=C(NCC1CN(C(=O)c2cnn3cccnc23)C1)C1COc2ccc(O)cc2O1. The van der Waals surface area contributed by atoms with Gasteiger partial charge in [-0.05, 0) is 18.2 Å². The number of nitrogens with zero attached hydrogens (tertiary/aromatic N) is 4. The minimum Gasteiger partial charge on any atom is -0.508 e. The summed E-state index contributed by atoms with van der Waals surface area (Å²) in [7, 11) is 0. The highest BCUT2D eigenvalue weighted by atomic mass is 16.6. The van der Waals surface area contributed by atoms with Gasteiger partial charge in [0.1, 0.15) is 17.9 Å². The maximum atomic E-state index is 12.7. The van der Waals surface area contributed by atoms with Gasteiger partial charge in [0.25, 0.3) is 11.8 Å². The Balaban J connectivity index is 1.12. The highest BCUT2D eigenvalue weighted by molar-refractivity contribution is 6.00. The summed E-state index contributed by atoms with van der Waals surface area (Å²) in [6.45, 7) is 1.62. The zero-order chi connectivity index (χ0) is 20.7. The van der Waals surface area contributed by atoms with Crippen LogP contribution in [0.25, 0.3) is 5.65 Å². The van der Waals surface area contributed by atoms with Crippen molar-refractivity contribution in [1.29, 1.82) is 0 Å². The molecule has 4 heterocycles. The molecule has 0 aliphatic carbocycles. The van der Waals surface area contributed by atoms with Gasteiger partial charge in [-0.25, -0.2) is 9.50 Å². The van der Waals surface area contributed by atoms with E-state index in [1.807, 2.05) is 0 Å². The lowest BCUT2D eigenvalue weighted by molar-refractivity contribution is -0.130. The monoisotopic (exact) mass is 409 g/mol. The molecule has 30 heavy (non-hydrogen) atoms. The Morgan fingerprint density at radius 3 is 3.00 bits per heavy atom. The average Bonchev–Trinajstić information content (AvgIpc) is 3.16. The Labute approximate surface area is 171 Å². The Morgan fingerprint density at radius 1 is 1.27 bits per heavy atom. The minimum atomic E-state index is -0.790. The van der Waals surface area contributed by atoms with E-state index in [9.17, 15) is 14.7 Å². The molecule has 0 radical (unpaired) electrons. The minimum absolute atomic E-state index is 0.0408. The number of aromatic nitrogens is 3. The Kier molecular flexibility index (Phi) is 4.38. The number of hydrogen-bond donors (Lipinski definition) is 2. The summed E-state index contributed by atoms with van der Waals surface area (Å²) in [5.74, 6) is 0.621. The number of benzene rings is 1. The van der Waals surface area contributed by atoms with Crippen LogP contribution in [0.5, 0.6) is 17.2 Å². The van der Waals surface area contributed by atoms with E-state index in [4.69, 9.17) is 9.47 Å². The van der Waals surface area contributed by atoms with Gasteiger partial charge < -0.3 is 24.8 Å². The van der Waals surface area contributed by atoms with E-state index in [2.05, 4.69) is 15.4 Å². The quantitative estimate of drug-likeness (QED) is 0.643. The molecule has 0 spiro atoms. The number of carbonyl (C=O) groups excluding carboxylic acids is 2. The second kappa shape index (κ2) is 7.21. The van der Waals surface area contributed by atoms with Gasteiger partial charge >= 0.3 is 0 Å². The van der Waals surface area contributed by atoms with Crippen molar-refractivity contribution in [2.75, 3.05) is 26.2 Å². The molecule has 2 N–H and O–H groups in total. The third kappa shape index (κ3) is 3.25. The molecular weight excluding hydrogens is 390 g/mol. The van der Waals surface area contributed by atoms with Crippen LogP contribution in [0.2, 0.25) is 0 Å². The Hall–Kier alpha value is -3.82. The number of aromatic hydroxyl groups is 1. The zero-order valence-electron chi connectivity index (χ0n) is 15.9. The predicted molar refractivity (Wildman–Crippen MR) is 103 cm³/mol. The molecule has 0 bridgehead atoms. The molecule has 10 nitrogen and oxygen atoms in total. The van der Waals surface area contributed by atoms with Crippen molar-refractivity contribution in [3.8, 4) is 17.2 Å². The van der Waals surface area contributed by atoms with E-state index >= 15 is 0 Å². The zero-order valence-corrected chi connectivity index (χ0v) is 15.9. The number of carbonyl (C=O) groups is 2. The van der Waals surface area contributed by atoms with Crippen molar-refractivity contribution in [2.45, 2.75) is 6.10 Å². The normalized spacial score (nSPS) is 18.1. The molecule has 1 saturated heterocycles. The fourth-order valence-corrected chi connectivity index (χ4v) is 3.56. The van der Waals surface area contributed by atoms with Crippen molar-refractivity contribution in [3.05, 3.63) is 48.4 Å². The van der Waals surface area contributed by atoms with E-state index in [1.165, 1.54) is 18.3 Å². The lowest BCUT2D eigenvalue weighted by Crippen LogP contribution is -2.55. The topological polar surface area (TPSA) is 118 Å². The van der Waals surface area contributed by atoms with E-state index in [0.29, 0.717) is 42.3 Å². The predicted octanol–water partition coefficient (Wildman–Crippen LogP) is 0.463. The maximum absolute atomic E-state index is 12.7. The molecule has 5 rings (SSSR count). The largest absolute Gasteiger partial charge is 0.508 e. The summed E-state index contributed by atoms with van der Waals surface area (Å²) in [6, 6.07) is 6.26. The first-order chi connectivity index (χ1) is 14.6. The summed E-state index contributed by atoms with van der Waals surface area (Å²) in [5, 5.41) is 16.5. The van der Waals surface area contributed by atoms with Crippen molar-refractivity contribution in [3.63, 3.8) is 0 Å². The standard InChI is InChI=1S/C20H19N5O5/c26-13-2-3-15-16(6-13)30-17(11-29-15)19(27)22-7-12-9-24(10-12)20(28)14-8-23-25-5-1-4-21-18(14)25/h1-6,8,12,17,26H,7,9-11H2,(H,22,27). The van der Waals surface area contributed by atoms with Crippen LogP contribution in [0, 0.1) is 5.92 Å². The summed E-state index contributed by atoms with van der Waals surface area (Å²) < 4.78 is 12.7. The number of ether oxygens (including phenoxy) is 2. The van der Waals surface area contributed by atoms with Crippen LogP contribution in [0.4, 0.5) is 0 Å². The average molecular weight is 409 g/mol. The van der Waals surface area contributed by atoms with Crippen LogP contribution in [0.15, 0.2) is 42.9 Å². The summed E-state index contributed by atoms with van der Waals surface area (Å²) in [5.41, 5.74) is 0.993. The number of nitrogens with one attached hydrogen (secondary N) is 1. The number of rotatable bonds is 4. The molecular formula is C20H19N5O5. The number of fused-ring (bicyclic) bond motifs is 2. The number of phenols is 1. The third-order valence-corrected chi connectivity index (χ3v) is 5.20. The van der Waals surface area contributed by atoms with Gasteiger partial charge in [-0.3, -0.25) is 9.59 Å².